The van der Waals surface area contributed by atoms with Crippen LogP contribution in [0, 0.1) is 5.92 Å². The third kappa shape index (κ3) is 3.36. The molecule has 0 spiro atoms. The lowest BCUT2D eigenvalue weighted by molar-refractivity contribution is 0.491. The van der Waals surface area contributed by atoms with Crippen molar-refractivity contribution in [1.29, 1.82) is 0 Å². The van der Waals surface area contributed by atoms with Crippen molar-refractivity contribution < 1.29 is 0 Å². The van der Waals surface area contributed by atoms with Crippen LogP contribution in [0.3, 0.4) is 0 Å². The highest BCUT2D eigenvalue weighted by Crippen LogP contribution is 2.28. The van der Waals surface area contributed by atoms with Crippen LogP contribution in [0.1, 0.15) is 38.5 Å². The van der Waals surface area contributed by atoms with Gasteiger partial charge in [0.25, 0.3) is 0 Å². The zero-order valence-corrected chi connectivity index (χ0v) is 9.65. The standard InChI is InChI=1S/C12H20N4/c13-11-8-16-12(9-15-11)14-7-3-6-10-4-1-2-5-10/h8-10H,1-7H2,(H2,13,15)(H,14,16). The summed E-state index contributed by atoms with van der Waals surface area (Å²) in [7, 11) is 0. The molecule has 1 aromatic heterocycles. The van der Waals surface area contributed by atoms with Gasteiger partial charge in [-0.25, -0.2) is 9.97 Å². The Hall–Kier alpha value is -1.32. The Morgan fingerprint density at radius 1 is 1.25 bits per heavy atom. The minimum absolute atomic E-state index is 0.469. The van der Waals surface area contributed by atoms with Crippen LogP contribution < -0.4 is 11.1 Å². The molecular formula is C12H20N4. The minimum atomic E-state index is 0.469. The van der Waals surface area contributed by atoms with Gasteiger partial charge in [0.1, 0.15) is 11.6 Å². The summed E-state index contributed by atoms with van der Waals surface area (Å²) in [5.74, 6) is 2.26. The molecule has 0 aliphatic heterocycles. The lowest BCUT2D eigenvalue weighted by Crippen LogP contribution is -2.06. The molecule has 1 aliphatic rings. The monoisotopic (exact) mass is 220 g/mol. The van der Waals surface area contributed by atoms with Gasteiger partial charge in [0.05, 0.1) is 12.4 Å². The highest BCUT2D eigenvalue weighted by Gasteiger charge is 2.13. The normalized spacial score (nSPS) is 16.5. The fourth-order valence-electron chi connectivity index (χ4n) is 2.34. The Morgan fingerprint density at radius 3 is 2.75 bits per heavy atom. The number of nitrogen functional groups attached to an aromatic ring is 1. The first-order valence-corrected chi connectivity index (χ1v) is 6.16. The van der Waals surface area contributed by atoms with Crippen molar-refractivity contribution in [3.63, 3.8) is 0 Å². The van der Waals surface area contributed by atoms with E-state index in [2.05, 4.69) is 15.3 Å². The molecule has 1 aromatic rings. The van der Waals surface area contributed by atoms with Gasteiger partial charge in [0, 0.05) is 6.54 Å². The van der Waals surface area contributed by atoms with E-state index < -0.39 is 0 Å². The van der Waals surface area contributed by atoms with Crippen LogP contribution in [-0.2, 0) is 0 Å². The fraction of sp³-hybridized carbons (Fsp3) is 0.667. The first kappa shape index (κ1) is 11.2. The molecular weight excluding hydrogens is 200 g/mol. The van der Waals surface area contributed by atoms with Gasteiger partial charge >= 0.3 is 0 Å². The number of hydrogen-bond acceptors (Lipinski definition) is 4. The molecule has 4 heteroatoms. The average Bonchev–Trinajstić information content (AvgIpc) is 2.80. The molecule has 1 heterocycles. The number of nitrogens with one attached hydrogen (secondary N) is 1. The molecule has 1 fully saturated rings. The Bertz CT molecular complexity index is 303. The molecule has 0 atom stereocenters. The summed E-state index contributed by atoms with van der Waals surface area (Å²) in [5, 5.41) is 3.27. The third-order valence-electron chi connectivity index (χ3n) is 3.24. The van der Waals surface area contributed by atoms with Gasteiger partial charge in [-0.1, -0.05) is 25.7 Å². The van der Waals surface area contributed by atoms with E-state index in [0.717, 1.165) is 18.3 Å². The molecule has 3 N–H and O–H groups in total. The second kappa shape index (κ2) is 5.68. The Kier molecular flexibility index (Phi) is 3.97. The summed E-state index contributed by atoms with van der Waals surface area (Å²) in [6.45, 7) is 0.981. The molecule has 0 unspecified atom stereocenters. The van der Waals surface area contributed by atoms with Gasteiger partial charge < -0.3 is 11.1 Å². The fourth-order valence-corrected chi connectivity index (χ4v) is 2.34. The molecule has 0 bridgehead atoms. The van der Waals surface area contributed by atoms with Crippen LogP contribution in [0.15, 0.2) is 12.4 Å². The molecule has 1 saturated carbocycles. The average molecular weight is 220 g/mol. The van der Waals surface area contributed by atoms with E-state index in [1.807, 2.05) is 0 Å². The zero-order chi connectivity index (χ0) is 11.2. The third-order valence-corrected chi connectivity index (χ3v) is 3.24. The van der Waals surface area contributed by atoms with Crippen LogP contribution in [0.4, 0.5) is 11.6 Å². The second-order valence-electron chi connectivity index (χ2n) is 4.55. The van der Waals surface area contributed by atoms with Crippen LogP contribution in [-0.4, -0.2) is 16.5 Å². The number of rotatable bonds is 5. The summed E-state index contributed by atoms with van der Waals surface area (Å²) >= 11 is 0. The molecule has 0 radical (unpaired) electrons. The van der Waals surface area contributed by atoms with Gasteiger partial charge in [0.2, 0.25) is 0 Å². The molecule has 0 amide bonds. The van der Waals surface area contributed by atoms with Gasteiger partial charge in [0.15, 0.2) is 0 Å². The number of nitrogens with zero attached hydrogens (tertiary/aromatic N) is 2. The summed E-state index contributed by atoms with van der Waals surface area (Å²) in [6, 6.07) is 0. The predicted octanol–water partition coefficient (Wildman–Crippen LogP) is 2.44. The number of aromatic nitrogens is 2. The zero-order valence-electron chi connectivity index (χ0n) is 9.65. The number of anilines is 2. The van der Waals surface area contributed by atoms with Crippen molar-refractivity contribution in [1.82, 2.24) is 9.97 Å². The van der Waals surface area contributed by atoms with E-state index in [1.165, 1.54) is 38.5 Å². The van der Waals surface area contributed by atoms with Crippen molar-refractivity contribution >= 4 is 11.6 Å². The van der Waals surface area contributed by atoms with E-state index in [0.29, 0.717) is 5.82 Å². The van der Waals surface area contributed by atoms with Crippen molar-refractivity contribution in [2.24, 2.45) is 5.92 Å². The molecule has 1 aliphatic carbocycles. The summed E-state index contributed by atoms with van der Waals surface area (Å²) in [5.41, 5.74) is 5.46. The second-order valence-corrected chi connectivity index (χ2v) is 4.55. The van der Waals surface area contributed by atoms with Crippen LogP contribution in [0.2, 0.25) is 0 Å². The van der Waals surface area contributed by atoms with E-state index in [4.69, 9.17) is 5.73 Å². The lowest BCUT2D eigenvalue weighted by atomic mass is 10.0. The highest BCUT2D eigenvalue weighted by molar-refractivity contribution is 5.35. The van der Waals surface area contributed by atoms with Gasteiger partial charge in [-0.2, -0.15) is 0 Å². The van der Waals surface area contributed by atoms with Crippen LogP contribution in [0.25, 0.3) is 0 Å². The van der Waals surface area contributed by atoms with E-state index in [9.17, 15) is 0 Å². The van der Waals surface area contributed by atoms with Gasteiger partial charge in [-0.05, 0) is 18.8 Å². The maximum absolute atomic E-state index is 5.46. The van der Waals surface area contributed by atoms with E-state index >= 15 is 0 Å². The predicted molar refractivity (Wildman–Crippen MR) is 66.1 cm³/mol. The Morgan fingerprint density at radius 2 is 2.06 bits per heavy atom. The number of nitrogens with two attached hydrogens (primary N) is 1. The smallest absolute Gasteiger partial charge is 0.144 e. The van der Waals surface area contributed by atoms with E-state index in [1.54, 1.807) is 12.4 Å². The minimum Gasteiger partial charge on any atom is -0.382 e. The first-order chi connectivity index (χ1) is 7.84. The van der Waals surface area contributed by atoms with Crippen LogP contribution in [0.5, 0.6) is 0 Å². The largest absolute Gasteiger partial charge is 0.382 e. The van der Waals surface area contributed by atoms with E-state index in [-0.39, 0.29) is 0 Å². The molecule has 88 valence electrons. The summed E-state index contributed by atoms with van der Waals surface area (Å²) < 4.78 is 0. The molecule has 0 saturated heterocycles. The quantitative estimate of drug-likeness (QED) is 0.748. The SMILES string of the molecule is Nc1cnc(NCCCC2CCCC2)cn1. The van der Waals surface area contributed by atoms with Gasteiger partial charge in [-0.3, -0.25) is 0 Å². The Balaban J connectivity index is 1.62. The van der Waals surface area contributed by atoms with Gasteiger partial charge in [-0.15, -0.1) is 0 Å². The van der Waals surface area contributed by atoms with Crippen LogP contribution >= 0.6 is 0 Å². The first-order valence-electron chi connectivity index (χ1n) is 6.16. The van der Waals surface area contributed by atoms with Crippen molar-refractivity contribution in [2.75, 3.05) is 17.6 Å². The molecule has 0 aromatic carbocycles. The maximum Gasteiger partial charge on any atom is 0.144 e. The van der Waals surface area contributed by atoms with Crippen molar-refractivity contribution in [3.05, 3.63) is 12.4 Å². The summed E-state index contributed by atoms with van der Waals surface area (Å²) in [4.78, 5) is 8.14. The molecule has 2 rings (SSSR count). The molecule has 16 heavy (non-hydrogen) atoms. The van der Waals surface area contributed by atoms with Crippen molar-refractivity contribution in [2.45, 2.75) is 38.5 Å². The lowest BCUT2D eigenvalue weighted by Gasteiger charge is -2.09. The molecule has 4 nitrogen and oxygen atoms in total. The highest BCUT2D eigenvalue weighted by atomic mass is 15.0. The maximum atomic E-state index is 5.46. The topological polar surface area (TPSA) is 63.8 Å². The summed E-state index contributed by atoms with van der Waals surface area (Å²) in [6.07, 6.45) is 11.6. The number of hydrogen-bond donors (Lipinski definition) is 2. The van der Waals surface area contributed by atoms with Crippen molar-refractivity contribution in [3.8, 4) is 0 Å². The Labute approximate surface area is 96.7 Å².